The Morgan fingerprint density at radius 1 is 0.773 bits per heavy atom. The predicted octanol–water partition coefficient (Wildman–Crippen LogP) is 3.35. The summed E-state index contributed by atoms with van der Waals surface area (Å²) in [6.45, 7) is 4.88. The lowest BCUT2D eigenvalue weighted by Crippen LogP contribution is -2.50. The second-order valence-electron chi connectivity index (χ2n) is 7.37. The summed E-state index contributed by atoms with van der Waals surface area (Å²) in [7, 11) is 2.25. The van der Waals surface area contributed by atoms with Crippen LogP contribution in [0.4, 0.5) is 11.4 Å². The Balaban J connectivity index is 1.60. The van der Waals surface area contributed by atoms with Crippen molar-refractivity contribution < 1.29 is 0 Å². The van der Waals surface area contributed by atoms with Crippen LogP contribution in [0.5, 0.6) is 0 Å². The van der Waals surface area contributed by atoms with Gasteiger partial charge in [0.2, 0.25) is 0 Å². The first-order valence-electron chi connectivity index (χ1n) is 9.14. The molecule has 2 fully saturated rings. The molecule has 0 aromatic heterocycles. The van der Waals surface area contributed by atoms with Crippen molar-refractivity contribution in [1.82, 2.24) is 4.90 Å². The van der Waals surface area contributed by atoms with E-state index in [1.807, 2.05) is 0 Å². The molecule has 0 radical (unpaired) electrons. The number of para-hydroxylation sites is 2. The number of hydrogen-bond acceptors (Lipinski definition) is 3. The highest BCUT2D eigenvalue weighted by Gasteiger charge is 2.33. The summed E-state index contributed by atoms with van der Waals surface area (Å²) in [5.41, 5.74) is 2.98. The summed E-state index contributed by atoms with van der Waals surface area (Å²) < 4.78 is 0. The largest absolute Gasteiger partial charge is 0.365 e. The van der Waals surface area contributed by atoms with Crippen LogP contribution in [-0.2, 0) is 0 Å². The van der Waals surface area contributed by atoms with Gasteiger partial charge in [0.1, 0.15) is 0 Å². The molecular formula is C19H29N3. The van der Waals surface area contributed by atoms with Crippen LogP contribution in [0.15, 0.2) is 24.3 Å². The molecule has 22 heavy (non-hydrogen) atoms. The van der Waals surface area contributed by atoms with Gasteiger partial charge in [-0.25, -0.2) is 0 Å². The fraction of sp³-hybridized carbons (Fsp3) is 0.684. The number of fused-ring (bicyclic) bond motifs is 1. The quantitative estimate of drug-likeness (QED) is 0.829. The van der Waals surface area contributed by atoms with Gasteiger partial charge in [-0.05, 0) is 45.0 Å². The third-order valence-electron chi connectivity index (χ3n) is 5.91. The van der Waals surface area contributed by atoms with Crippen molar-refractivity contribution in [2.45, 2.75) is 50.6 Å². The van der Waals surface area contributed by atoms with Gasteiger partial charge >= 0.3 is 0 Å². The fourth-order valence-corrected chi connectivity index (χ4v) is 4.72. The summed E-state index contributed by atoms with van der Waals surface area (Å²) in [5, 5.41) is 0. The molecule has 4 rings (SSSR count). The van der Waals surface area contributed by atoms with Gasteiger partial charge in [0, 0.05) is 31.7 Å². The number of hydrogen-bond donors (Lipinski definition) is 0. The molecule has 1 atom stereocenters. The molecule has 3 aliphatic rings. The van der Waals surface area contributed by atoms with Crippen molar-refractivity contribution in [3.05, 3.63) is 24.3 Å². The van der Waals surface area contributed by atoms with Crippen LogP contribution in [0.25, 0.3) is 0 Å². The lowest BCUT2D eigenvalue weighted by Gasteiger charge is -2.45. The molecule has 1 aromatic rings. The molecule has 2 heterocycles. The first-order valence-corrected chi connectivity index (χ1v) is 9.14. The molecule has 1 saturated heterocycles. The van der Waals surface area contributed by atoms with Crippen molar-refractivity contribution in [2.75, 3.05) is 43.0 Å². The van der Waals surface area contributed by atoms with Crippen molar-refractivity contribution in [3.63, 3.8) is 0 Å². The number of nitrogens with zero attached hydrogens (tertiary/aromatic N) is 3. The third kappa shape index (κ3) is 2.60. The summed E-state index contributed by atoms with van der Waals surface area (Å²) in [4.78, 5) is 7.89. The van der Waals surface area contributed by atoms with Crippen LogP contribution in [-0.4, -0.2) is 50.2 Å². The third-order valence-corrected chi connectivity index (χ3v) is 5.91. The van der Waals surface area contributed by atoms with E-state index < -0.39 is 0 Å². The van der Waals surface area contributed by atoms with E-state index in [0.717, 1.165) is 6.04 Å². The standard InChI is InChI=1S/C19H29N3/c1-20-12-11-17(15-20)22-14-13-21(16-7-3-2-4-8-16)18-9-5-6-10-19(18)22/h5-6,9-10,16-17H,2-4,7-8,11-15H2,1H3. The van der Waals surface area contributed by atoms with E-state index in [0.29, 0.717) is 6.04 Å². The molecule has 0 bridgehead atoms. The minimum atomic E-state index is 0.708. The molecule has 0 N–H and O–H groups in total. The maximum Gasteiger partial charge on any atom is 0.0607 e. The van der Waals surface area contributed by atoms with E-state index >= 15 is 0 Å². The second-order valence-corrected chi connectivity index (χ2v) is 7.37. The van der Waals surface area contributed by atoms with Crippen LogP contribution in [0.2, 0.25) is 0 Å². The molecule has 3 nitrogen and oxygen atoms in total. The number of benzene rings is 1. The first kappa shape index (κ1) is 14.4. The number of likely N-dealkylation sites (tertiary alicyclic amines) is 1. The number of rotatable bonds is 2. The van der Waals surface area contributed by atoms with E-state index in [2.05, 4.69) is 46.0 Å². The Morgan fingerprint density at radius 2 is 1.41 bits per heavy atom. The Hall–Kier alpha value is -1.22. The lowest BCUT2D eigenvalue weighted by atomic mass is 9.93. The van der Waals surface area contributed by atoms with Crippen molar-refractivity contribution in [2.24, 2.45) is 0 Å². The molecule has 1 aliphatic carbocycles. The van der Waals surface area contributed by atoms with Gasteiger partial charge in [-0.3, -0.25) is 0 Å². The van der Waals surface area contributed by atoms with Crippen molar-refractivity contribution in [3.8, 4) is 0 Å². The Kier molecular flexibility index (Phi) is 4.00. The van der Waals surface area contributed by atoms with E-state index in [-0.39, 0.29) is 0 Å². The topological polar surface area (TPSA) is 9.72 Å². The number of anilines is 2. The summed E-state index contributed by atoms with van der Waals surface area (Å²) in [6, 6.07) is 10.6. The highest BCUT2D eigenvalue weighted by atomic mass is 15.3. The maximum absolute atomic E-state index is 2.73. The highest BCUT2D eigenvalue weighted by molar-refractivity contribution is 5.74. The zero-order valence-corrected chi connectivity index (χ0v) is 13.9. The van der Waals surface area contributed by atoms with Crippen molar-refractivity contribution in [1.29, 1.82) is 0 Å². The SMILES string of the molecule is CN1CCC(N2CCN(C3CCCCC3)c3ccccc32)C1. The fourth-order valence-electron chi connectivity index (χ4n) is 4.72. The molecule has 0 spiro atoms. The summed E-state index contributed by atoms with van der Waals surface area (Å²) in [6.07, 6.45) is 8.36. The van der Waals surface area contributed by atoms with Crippen LogP contribution in [0.1, 0.15) is 38.5 Å². The average molecular weight is 299 g/mol. The normalized spacial score (nSPS) is 27.2. The zero-order valence-electron chi connectivity index (χ0n) is 13.9. The number of likely N-dealkylation sites (N-methyl/N-ethyl adjacent to an activating group) is 1. The molecular weight excluding hydrogens is 270 g/mol. The van der Waals surface area contributed by atoms with Gasteiger partial charge in [-0.2, -0.15) is 0 Å². The molecule has 3 heteroatoms. The second kappa shape index (κ2) is 6.11. The van der Waals surface area contributed by atoms with Gasteiger partial charge in [-0.15, -0.1) is 0 Å². The van der Waals surface area contributed by atoms with Gasteiger partial charge in [0.05, 0.1) is 11.4 Å². The minimum absolute atomic E-state index is 0.708. The first-order chi connectivity index (χ1) is 10.8. The molecule has 1 aromatic carbocycles. The van der Waals surface area contributed by atoms with E-state index in [9.17, 15) is 0 Å². The predicted molar refractivity (Wildman–Crippen MR) is 93.9 cm³/mol. The van der Waals surface area contributed by atoms with Crippen LogP contribution >= 0.6 is 0 Å². The Bertz CT molecular complexity index is 477. The molecule has 2 aliphatic heterocycles. The van der Waals surface area contributed by atoms with Crippen molar-refractivity contribution >= 4 is 11.4 Å². The van der Waals surface area contributed by atoms with Gasteiger partial charge in [-0.1, -0.05) is 31.4 Å². The summed E-state index contributed by atoms with van der Waals surface area (Å²) >= 11 is 0. The monoisotopic (exact) mass is 299 g/mol. The zero-order chi connectivity index (χ0) is 14.9. The summed E-state index contributed by atoms with van der Waals surface area (Å²) in [5.74, 6) is 0. The lowest BCUT2D eigenvalue weighted by molar-refractivity contribution is 0.398. The molecule has 1 unspecified atom stereocenters. The van der Waals surface area contributed by atoms with Crippen LogP contribution < -0.4 is 9.80 Å². The molecule has 120 valence electrons. The molecule has 0 amide bonds. The van der Waals surface area contributed by atoms with Gasteiger partial charge < -0.3 is 14.7 Å². The van der Waals surface area contributed by atoms with E-state index in [4.69, 9.17) is 0 Å². The van der Waals surface area contributed by atoms with E-state index in [1.165, 1.54) is 76.1 Å². The maximum atomic E-state index is 2.73. The van der Waals surface area contributed by atoms with E-state index in [1.54, 1.807) is 0 Å². The average Bonchev–Trinajstić information content (AvgIpc) is 3.01. The minimum Gasteiger partial charge on any atom is -0.365 e. The Morgan fingerprint density at radius 3 is 2.00 bits per heavy atom. The molecule has 1 saturated carbocycles. The Labute approximate surface area is 134 Å². The van der Waals surface area contributed by atoms with Crippen LogP contribution in [0, 0.1) is 0 Å². The van der Waals surface area contributed by atoms with Gasteiger partial charge in [0.25, 0.3) is 0 Å². The van der Waals surface area contributed by atoms with Crippen LogP contribution in [0.3, 0.4) is 0 Å². The highest BCUT2D eigenvalue weighted by Crippen LogP contribution is 2.38. The van der Waals surface area contributed by atoms with Gasteiger partial charge in [0.15, 0.2) is 0 Å². The smallest absolute Gasteiger partial charge is 0.0607 e.